The maximum absolute atomic E-state index is 10.6. The van der Waals surface area contributed by atoms with Crippen LogP contribution < -0.4 is 6.15 Å². The van der Waals surface area contributed by atoms with Crippen LogP contribution in [0.3, 0.4) is 0 Å². The standard InChI is InChI=1S/C8H11NO6.H3N/c1-2-5(8(14)15)9(3-6(10)11)4-7(12)13;/h2,5H,1,3-4H2,(H,10,11)(H,12,13)(H,14,15);1H3. The van der Waals surface area contributed by atoms with E-state index in [0.717, 1.165) is 11.0 Å². The van der Waals surface area contributed by atoms with Crippen molar-refractivity contribution in [2.75, 3.05) is 13.1 Å². The van der Waals surface area contributed by atoms with Crippen molar-refractivity contribution >= 4 is 17.9 Å². The molecule has 0 aliphatic carbocycles. The van der Waals surface area contributed by atoms with Crippen molar-refractivity contribution in [2.45, 2.75) is 6.04 Å². The van der Waals surface area contributed by atoms with E-state index in [1.807, 2.05) is 0 Å². The molecule has 0 aromatic rings. The summed E-state index contributed by atoms with van der Waals surface area (Å²) in [5, 5.41) is 25.6. The molecule has 0 saturated carbocycles. The Labute approximate surface area is 91.4 Å². The number of hydrogen-bond acceptors (Lipinski definition) is 5. The third kappa shape index (κ3) is 5.73. The molecule has 0 spiro atoms. The van der Waals surface area contributed by atoms with E-state index >= 15 is 0 Å². The molecule has 16 heavy (non-hydrogen) atoms. The first-order valence-electron chi connectivity index (χ1n) is 3.91. The molecule has 1 unspecified atom stereocenters. The smallest absolute Gasteiger partial charge is 0.324 e. The molecule has 0 amide bonds. The van der Waals surface area contributed by atoms with E-state index in [1.54, 1.807) is 0 Å². The highest BCUT2D eigenvalue weighted by Crippen LogP contribution is 2.01. The molecule has 0 saturated heterocycles. The maximum atomic E-state index is 10.6. The Kier molecular flexibility index (Phi) is 7.60. The summed E-state index contributed by atoms with van der Waals surface area (Å²) in [4.78, 5) is 32.2. The molecule has 1 atom stereocenters. The summed E-state index contributed by atoms with van der Waals surface area (Å²) >= 11 is 0. The summed E-state index contributed by atoms with van der Waals surface area (Å²) in [5.74, 6) is -3.94. The lowest BCUT2D eigenvalue weighted by atomic mass is 10.2. The Hall–Kier alpha value is -1.93. The van der Waals surface area contributed by atoms with Gasteiger partial charge in [0.1, 0.15) is 6.04 Å². The van der Waals surface area contributed by atoms with Gasteiger partial charge < -0.3 is 21.5 Å². The van der Waals surface area contributed by atoms with Crippen LogP contribution in [0.2, 0.25) is 0 Å². The summed E-state index contributed by atoms with van der Waals surface area (Å²) in [6, 6.07) is -1.32. The zero-order valence-electron chi connectivity index (χ0n) is 8.50. The molecule has 0 aliphatic rings. The summed E-state index contributed by atoms with van der Waals surface area (Å²) in [6.07, 6.45) is 0.980. The summed E-state index contributed by atoms with van der Waals surface area (Å²) < 4.78 is 0. The van der Waals surface area contributed by atoms with Crippen molar-refractivity contribution in [1.82, 2.24) is 11.1 Å². The molecule has 0 aromatic carbocycles. The number of nitrogens with zero attached hydrogens (tertiary/aromatic N) is 1. The molecule has 0 radical (unpaired) electrons. The van der Waals surface area contributed by atoms with Gasteiger partial charge in [-0.3, -0.25) is 19.3 Å². The second-order valence-electron chi connectivity index (χ2n) is 2.71. The fourth-order valence-electron chi connectivity index (χ4n) is 1.01. The van der Waals surface area contributed by atoms with Crippen LogP contribution in [-0.2, 0) is 14.4 Å². The second kappa shape index (κ2) is 7.37. The summed E-state index contributed by atoms with van der Waals surface area (Å²) in [5.41, 5.74) is 0. The predicted octanol–water partition coefficient (Wildman–Crippen LogP) is -0.741. The van der Waals surface area contributed by atoms with Crippen LogP contribution in [0.25, 0.3) is 0 Å². The SMILES string of the molecule is C=CC(C(=O)O)N(CC(=O)O)CC(=O)O.N. The normalized spacial score (nSPS) is 11.3. The van der Waals surface area contributed by atoms with Gasteiger partial charge >= 0.3 is 17.9 Å². The molecule has 8 nitrogen and oxygen atoms in total. The van der Waals surface area contributed by atoms with Gasteiger partial charge in [0.25, 0.3) is 0 Å². The van der Waals surface area contributed by atoms with Crippen molar-refractivity contribution < 1.29 is 29.7 Å². The van der Waals surface area contributed by atoms with Crippen LogP contribution in [0.15, 0.2) is 12.7 Å². The molecule has 0 aliphatic heterocycles. The van der Waals surface area contributed by atoms with Crippen molar-refractivity contribution in [3.05, 3.63) is 12.7 Å². The van der Waals surface area contributed by atoms with Gasteiger partial charge in [-0.15, -0.1) is 6.58 Å². The molecular formula is C8H14N2O6. The van der Waals surface area contributed by atoms with Gasteiger partial charge in [0.15, 0.2) is 0 Å². The third-order valence-electron chi connectivity index (χ3n) is 1.55. The molecule has 6 N–H and O–H groups in total. The van der Waals surface area contributed by atoms with Gasteiger partial charge in [0, 0.05) is 0 Å². The van der Waals surface area contributed by atoms with Crippen molar-refractivity contribution in [3.63, 3.8) is 0 Å². The van der Waals surface area contributed by atoms with Crippen LogP contribution in [0.1, 0.15) is 0 Å². The predicted molar refractivity (Wildman–Crippen MR) is 53.5 cm³/mol. The third-order valence-corrected chi connectivity index (χ3v) is 1.55. The average molecular weight is 234 g/mol. The quantitative estimate of drug-likeness (QED) is 0.420. The highest BCUT2D eigenvalue weighted by Gasteiger charge is 2.26. The van der Waals surface area contributed by atoms with Crippen LogP contribution in [0, 0.1) is 0 Å². The van der Waals surface area contributed by atoms with E-state index in [2.05, 4.69) is 6.58 Å². The molecule has 92 valence electrons. The van der Waals surface area contributed by atoms with Gasteiger partial charge in [-0.05, 0) is 0 Å². The topological polar surface area (TPSA) is 150 Å². The Morgan fingerprint density at radius 2 is 1.50 bits per heavy atom. The van der Waals surface area contributed by atoms with Crippen molar-refractivity contribution in [2.24, 2.45) is 0 Å². The van der Waals surface area contributed by atoms with E-state index in [9.17, 15) is 14.4 Å². The molecule has 0 heterocycles. The lowest BCUT2D eigenvalue weighted by Crippen LogP contribution is -2.45. The van der Waals surface area contributed by atoms with Gasteiger partial charge in [-0.2, -0.15) is 0 Å². The highest BCUT2D eigenvalue weighted by molar-refractivity contribution is 5.79. The van der Waals surface area contributed by atoms with E-state index in [1.165, 1.54) is 0 Å². The first-order valence-corrected chi connectivity index (χ1v) is 3.91. The highest BCUT2D eigenvalue weighted by atomic mass is 16.4. The number of carboxylic acid groups (broad SMARTS) is 3. The van der Waals surface area contributed by atoms with Crippen molar-refractivity contribution in [3.8, 4) is 0 Å². The zero-order chi connectivity index (χ0) is 12.0. The van der Waals surface area contributed by atoms with E-state index in [0.29, 0.717) is 0 Å². The summed E-state index contributed by atoms with van der Waals surface area (Å²) in [7, 11) is 0. The van der Waals surface area contributed by atoms with Crippen molar-refractivity contribution in [1.29, 1.82) is 0 Å². The number of carboxylic acids is 3. The Morgan fingerprint density at radius 1 is 1.12 bits per heavy atom. The van der Waals surface area contributed by atoms with Gasteiger partial charge in [0.2, 0.25) is 0 Å². The van der Waals surface area contributed by atoms with Crippen LogP contribution in [0.5, 0.6) is 0 Å². The average Bonchev–Trinajstić information content (AvgIpc) is 2.01. The minimum Gasteiger partial charge on any atom is -0.480 e. The molecule has 0 aromatic heterocycles. The number of aliphatic carboxylic acids is 3. The maximum Gasteiger partial charge on any atom is 0.324 e. The number of carbonyl (C=O) groups is 3. The molecule has 0 rings (SSSR count). The van der Waals surface area contributed by atoms with E-state index in [4.69, 9.17) is 15.3 Å². The monoisotopic (exact) mass is 234 g/mol. The number of hydrogen-bond donors (Lipinski definition) is 4. The Balaban J connectivity index is 0. The van der Waals surface area contributed by atoms with Crippen LogP contribution in [-0.4, -0.2) is 57.3 Å². The minimum atomic E-state index is -1.34. The van der Waals surface area contributed by atoms with Gasteiger partial charge in [-0.1, -0.05) is 6.08 Å². The van der Waals surface area contributed by atoms with Gasteiger partial charge in [-0.25, -0.2) is 0 Å². The Morgan fingerprint density at radius 3 is 1.69 bits per heavy atom. The fourth-order valence-corrected chi connectivity index (χ4v) is 1.01. The first-order chi connectivity index (χ1) is 6.88. The van der Waals surface area contributed by atoms with E-state index < -0.39 is 37.0 Å². The first kappa shape index (κ1) is 16.5. The lowest BCUT2D eigenvalue weighted by Gasteiger charge is -2.22. The molecule has 8 heteroatoms. The fraction of sp³-hybridized carbons (Fsp3) is 0.375. The lowest BCUT2D eigenvalue weighted by molar-refractivity contribution is -0.147. The van der Waals surface area contributed by atoms with Gasteiger partial charge in [0.05, 0.1) is 13.1 Å². The Bertz CT molecular complexity index is 274. The van der Waals surface area contributed by atoms with E-state index in [-0.39, 0.29) is 6.15 Å². The van der Waals surface area contributed by atoms with Crippen LogP contribution >= 0.6 is 0 Å². The number of rotatable bonds is 7. The second-order valence-corrected chi connectivity index (χ2v) is 2.71. The zero-order valence-corrected chi connectivity index (χ0v) is 8.50. The molecule has 0 bridgehead atoms. The molecular weight excluding hydrogens is 220 g/mol. The molecule has 0 fully saturated rings. The summed E-state index contributed by atoms with van der Waals surface area (Å²) in [6.45, 7) is 1.87. The minimum absolute atomic E-state index is 0. The van der Waals surface area contributed by atoms with Crippen LogP contribution in [0.4, 0.5) is 0 Å². The largest absolute Gasteiger partial charge is 0.480 e.